The van der Waals surface area contributed by atoms with Crippen molar-refractivity contribution in [2.75, 3.05) is 23.9 Å². The maximum Gasteiger partial charge on any atom is 0.416 e. The summed E-state index contributed by atoms with van der Waals surface area (Å²) in [5, 5.41) is 17.0. The predicted molar refractivity (Wildman–Crippen MR) is 114 cm³/mol. The third-order valence-electron chi connectivity index (χ3n) is 4.91. The Bertz CT molecular complexity index is 982. The third-order valence-corrected chi connectivity index (χ3v) is 4.91. The first-order chi connectivity index (χ1) is 14.4. The van der Waals surface area contributed by atoms with Crippen molar-refractivity contribution in [3.05, 3.63) is 72.3 Å². The van der Waals surface area contributed by atoms with Crippen LogP contribution < -0.4 is 20.3 Å². The highest BCUT2D eigenvalue weighted by Gasteiger charge is 2.34. The molecular formula is C22H25F3N4O2. The van der Waals surface area contributed by atoms with Gasteiger partial charge in [-0.25, -0.2) is 4.98 Å². The monoisotopic (exact) mass is 434 g/mol. The number of methoxy groups -OCH3 is 1. The van der Waals surface area contributed by atoms with Crippen LogP contribution in [-0.2, 0) is 6.18 Å². The van der Waals surface area contributed by atoms with Crippen molar-refractivity contribution in [1.29, 1.82) is 0 Å². The Morgan fingerprint density at radius 3 is 2.48 bits per heavy atom. The minimum atomic E-state index is -4.43. The van der Waals surface area contributed by atoms with Gasteiger partial charge >= 0.3 is 6.18 Å². The van der Waals surface area contributed by atoms with Gasteiger partial charge in [0.25, 0.3) is 0 Å². The number of nitrogens with one attached hydrogen (secondary N) is 2. The van der Waals surface area contributed by atoms with Crippen LogP contribution >= 0.6 is 0 Å². The normalized spacial score (nSPS) is 15.1. The molecule has 6 nitrogen and oxygen atoms in total. The second-order valence-corrected chi connectivity index (χ2v) is 7.86. The van der Waals surface area contributed by atoms with Gasteiger partial charge in [-0.15, -0.1) is 0 Å². The summed E-state index contributed by atoms with van der Waals surface area (Å²) in [7, 11) is 1.54. The maximum atomic E-state index is 12.9. The molecule has 0 saturated heterocycles. The lowest BCUT2D eigenvalue weighted by atomic mass is 9.91. The predicted octanol–water partition coefficient (Wildman–Crippen LogP) is 4.43. The van der Waals surface area contributed by atoms with Crippen molar-refractivity contribution in [2.24, 2.45) is 0 Å². The number of rotatable bonds is 6. The molecule has 1 aromatic carbocycles. The highest BCUT2D eigenvalue weighted by atomic mass is 19.4. The largest absolute Gasteiger partial charge is 0.495 e. The van der Waals surface area contributed by atoms with Crippen molar-refractivity contribution in [3.8, 4) is 5.75 Å². The number of aromatic nitrogens is 1. The summed E-state index contributed by atoms with van der Waals surface area (Å²) < 4.78 is 44.0. The van der Waals surface area contributed by atoms with E-state index in [1.807, 2.05) is 0 Å². The van der Waals surface area contributed by atoms with E-state index in [0.717, 1.165) is 12.1 Å². The molecule has 2 heterocycles. The van der Waals surface area contributed by atoms with Crippen molar-refractivity contribution < 1.29 is 23.0 Å². The van der Waals surface area contributed by atoms with Gasteiger partial charge in [0.05, 0.1) is 42.7 Å². The summed E-state index contributed by atoms with van der Waals surface area (Å²) >= 11 is 0. The van der Waals surface area contributed by atoms with E-state index in [0.29, 0.717) is 40.9 Å². The van der Waals surface area contributed by atoms with Crippen LogP contribution in [0.15, 0.2) is 61.2 Å². The third kappa shape index (κ3) is 4.93. The van der Waals surface area contributed by atoms with Crippen LogP contribution in [0.2, 0.25) is 0 Å². The van der Waals surface area contributed by atoms with E-state index >= 15 is 0 Å². The number of halogens is 3. The average molecular weight is 434 g/mol. The van der Waals surface area contributed by atoms with E-state index in [2.05, 4.69) is 28.8 Å². The number of hydrogen-bond donors (Lipinski definition) is 3. The zero-order valence-electron chi connectivity index (χ0n) is 17.5. The Labute approximate surface area is 179 Å². The molecule has 0 amide bonds. The van der Waals surface area contributed by atoms with Gasteiger partial charge in [-0.1, -0.05) is 25.3 Å². The lowest BCUT2D eigenvalue weighted by Crippen LogP contribution is -2.44. The minimum absolute atomic E-state index is 0.365. The number of pyridine rings is 1. The Kier molecular flexibility index (Phi) is 5.91. The fourth-order valence-corrected chi connectivity index (χ4v) is 3.35. The molecule has 3 N–H and O–H groups in total. The molecule has 9 heteroatoms. The van der Waals surface area contributed by atoms with Gasteiger partial charge in [0.15, 0.2) is 5.82 Å². The fourth-order valence-electron chi connectivity index (χ4n) is 3.35. The van der Waals surface area contributed by atoms with Crippen LogP contribution in [0.1, 0.15) is 31.0 Å². The molecule has 1 atom stereocenters. The van der Waals surface area contributed by atoms with Crippen LogP contribution in [-0.4, -0.2) is 29.3 Å². The van der Waals surface area contributed by atoms with Gasteiger partial charge in [-0.3, -0.25) is 0 Å². The van der Waals surface area contributed by atoms with E-state index in [1.165, 1.54) is 19.2 Å². The second kappa shape index (κ2) is 8.14. The topological polar surface area (TPSA) is 69.7 Å². The molecule has 0 fully saturated rings. The second-order valence-electron chi connectivity index (χ2n) is 7.86. The molecular weight excluding hydrogens is 409 g/mol. The number of aliphatic hydroxyl groups is 1. The molecule has 0 spiro atoms. The summed E-state index contributed by atoms with van der Waals surface area (Å²) in [6, 6.07) is 5.73. The molecule has 1 aromatic heterocycles. The van der Waals surface area contributed by atoms with Crippen molar-refractivity contribution in [2.45, 2.75) is 31.7 Å². The first kappa shape index (κ1) is 22.5. The summed E-state index contributed by atoms with van der Waals surface area (Å²) in [5.74, 6) is 1.56. The van der Waals surface area contributed by atoms with E-state index < -0.39 is 23.4 Å². The molecule has 0 radical (unpaired) electrons. The van der Waals surface area contributed by atoms with Crippen LogP contribution in [0.4, 0.5) is 24.7 Å². The number of benzene rings is 1. The zero-order chi connectivity index (χ0) is 23.0. The summed E-state index contributed by atoms with van der Waals surface area (Å²) in [5.41, 5.74) is -0.203. The lowest BCUT2D eigenvalue weighted by Gasteiger charge is -2.38. The Hall–Kier alpha value is -3.20. The molecule has 1 aliphatic heterocycles. The van der Waals surface area contributed by atoms with Gasteiger partial charge in [-0.05, 0) is 31.5 Å². The van der Waals surface area contributed by atoms with Gasteiger partial charge in [0, 0.05) is 11.8 Å². The Morgan fingerprint density at radius 1 is 1.29 bits per heavy atom. The summed E-state index contributed by atoms with van der Waals surface area (Å²) in [6.07, 6.45) is -2.87. The Balaban J connectivity index is 1.90. The zero-order valence-corrected chi connectivity index (χ0v) is 17.5. The SMILES string of the molecule is C=C1CN(C(=C)NC(c2ccc(C(F)(F)F)cc2)C(C)(C)O)c2ncc(OC)cc2N1. The lowest BCUT2D eigenvalue weighted by molar-refractivity contribution is -0.137. The standard InChI is InChI=1S/C22H25F3N4O2/c1-13-12-29(20-18(27-13)10-17(31-5)11-26-20)14(2)28-19(21(3,4)30)15-6-8-16(9-7-15)22(23,24)25/h6-11,19,27-28,30H,1-2,12H2,3-5H3. The molecule has 1 aliphatic rings. The number of ether oxygens (including phenoxy) is 1. The molecule has 3 rings (SSSR count). The molecule has 166 valence electrons. The fraction of sp³-hybridized carbons (Fsp3) is 0.318. The molecule has 0 bridgehead atoms. The number of nitrogens with zero attached hydrogens (tertiary/aromatic N) is 2. The minimum Gasteiger partial charge on any atom is -0.495 e. The molecule has 31 heavy (non-hydrogen) atoms. The van der Waals surface area contributed by atoms with Gasteiger partial charge in [0.2, 0.25) is 0 Å². The van der Waals surface area contributed by atoms with Gasteiger partial charge < -0.3 is 25.4 Å². The molecule has 0 saturated carbocycles. The van der Waals surface area contributed by atoms with Crippen LogP contribution in [0.3, 0.4) is 0 Å². The van der Waals surface area contributed by atoms with E-state index in [9.17, 15) is 18.3 Å². The van der Waals surface area contributed by atoms with Crippen LogP contribution in [0.25, 0.3) is 0 Å². The molecule has 0 aliphatic carbocycles. The summed E-state index contributed by atoms with van der Waals surface area (Å²) in [4.78, 5) is 6.19. The number of anilines is 2. The average Bonchev–Trinajstić information content (AvgIpc) is 2.69. The first-order valence-corrected chi connectivity index (χ1v) is 9.51. The molecule has 2 aromatic rings. The smallest absolute Gasteiger partial charge is 0.416 e. The Morgan fingerprint density at radius 2 is 1.94 bits per heavy atom. The van der Waals surface area contributed by atoms with Crippen LogP contribution in [0.5, 0.6) is 5.75 Å². The van der Waals surface area contributed by atoms with E-state index in [1.54, 1.807) is 31.0 Å². The van der Waals surface area contributed by atoms with Crippen molar-refractivity contribution in [1.82, 2.24) is 10.3 Å². The van der Waals surface area contributed by atoms with Gasteiger partial charge in [0.1, 0.15) is 11.6 Å². The quantitative estimate of drug-likeness (QED) is 0.625. The van der Waals surface area contributed by atoms with E-state index in [4.69, 9.17) is 4.74 Å². The first-order valence-electron chi connectivity index (χ1n) is 9.51. The highest BCUT2D eigenvalue weighted by Crippen LogP contribution is 2.36. The number of alkyl halides is 3. The summed E-state index contributed by atoms with van der Waals surface area (Å²) in [6.45, 7) is 11.6. The molecule has 1 unspecified atom stereocenters. The highest BCUT2D eigenvalue weighted by molar-refractivity contribution is 5.74. The van der Waals surface area contributed by atoms with Crippen molar-refractivity contribution >= 4 is 11.5 Å². The van der Waals surface area contributed by atoms with Crippen molar-refractivity contribution in [3.63, 3.8) is 0 Å². The van der Waals surface area contributed by atoms with Crippen LogP contribution in [0, 0.1) is 0 Å². The number of fused-ring (bicyclic) bond motifs is 1. The van der Waals surface area contributed by atoms with Gasteiger partial charge in [-0.2, -0.15) is 13.2 Å². The number of hydrogen-bond acceptors (Lipinski definition) is 6. The van der Waals surface area contributed by atoms with E-state index in [-0.39, 0.29) is 0 Å². The maximum absolute atomic E-state index is 12.9.